The average Bonchev–Trinajstić information content (AvgIpc) is 3.27. The molecular weight excluding hydrogens is 390 g/mol. The van der Waals surface area contributed by atoms with E-state index < -0.39 is 5.97 Å². The van der Waals surface area contributed by atoms with Gasteiger partial charge in [-0.15, -0.1) is 0 Å². The van der Waals surface area contributed by atoms with Crippen LogP contribution in [-0.2, 0) is 11.3 Å². The number of carboxylic acid groups (broad SMARTS) is 1. The van der Waals surface area contributed by atoms with Gasteiger partial charge in [-0.05, 0) is 28.8 Å². The van der Waals surface area contributed by atoms with Crippen molar-refractivity contribution < 1.29 is 14.4 Å². The fraction of sp³-hybridized carbons (Fsp3) is 0.160. The zero-order valence-corrected chi connectivity index (χ0v) is 16.8. The Morgan fingerprint density at radius 2 is 1.48 bits per heavy atom. The molecule has 154 valence electrons. The summed E-state index contributed by atoms with van der Waals surface area (Å²) < 4.78 is 5.48. The van der Waals surface area contributed by atoms with Crippen molar-refractivity contribution in [3.8, 4) is 34.0 Å². The number of aromatic nitrogens is 2. The quantitative estimate of drug-likeness (QED) is 0.500. The van der Waals surface area contributed by atoms with Crippen molar-refractivity contribution in [2.24, 2.45) is 5.92 Å². The number of rotatable bonds is 6. The van der Waals surface area contributed by atoms with Gasteiger partial charge in [0.1, 0.15) is 0 Å². The van der Waals surface area contributed by atoms with Crippen LogP contribution in [0.25, 0.3) is 34.0 Å². The number of likely N-dealkylation sites (tertiary alicyclic amines) is 1. The molecule has 0 aliphatic carbocycles. The minimum absolute atomic E-state index is 0.237. The van der Waals surface area contributed by atoms with Gasteiger partial charge in [0.2, 0.25) is 5.82 Å². The Morgan fingerprint density at radius 1 is 0.871 bits per heavy atom. The summed E-state index contributed by atoms with van der Waals surface area (Å²) in [5.74, 6) is 0.0792. The number of carbonyl (C=O) groups is 1. The highest BCUT2D eigenvalue weighted by molar-refractivity contribution is 5.71. The second kappa shape index (κ2) is 8.16. The zero-order valence-electron chi connectivity index (χ0n) is 16.8. The number of aliphatic carboxylic acids is 1. The molecule has 6 nitrogen and oxygen atoms in total. The zero-order chi connectivity index (χ0) is 21.2. The molecule has 4 aromatic rings. The van der Waals surface area contributed by atoms with Gasteiger partial charge in [-0.2, -0.15) is 4.98 Å². The summed E-state index contributed by atoms with van der Waals surface area (Å²) in [4.78, 5) is 17.6. The molecule has 0 bridgehead atoms. The van der Waals surface area contributed by atoms with Gasteiger partial charge in [-0.1, -0.05) is 71.9 Å². The van der Waals surface area contributed by atoms with Crippen LogP contribution in [0.3, 0.4) is 0 Å². The van der Waals surface area contributed by atoms with Gasteiger partial charge in [0.05, 0.1) is 5.92 Å². The number of nitrogens with zero attached hydrogens (tertiary/aromatic N) is 3. The fourth-order valence-corrected chi connectivity index (χ4v) is 3.77. The van der Waals surface area contributed by atoms with Crippen molar-refractivity contribution in [3.05, 3.63) is 84.4 Å². The maximum Gasteiger partial charge on any atom is 0.309 e. The molecule has 3 aromatic carbocycles. The molecule has 0 atom stereocenters. The lowest BCUT2D eigenvalue weighted by molar-refractivity contribution is -0.147. The van der Waals surface area contributed by atoms with Crippen LogP contribution >= 0.6 is 0 Å². The molecule has 31 heavy (non-hydrogen) atoms. The van der Waals surface area contributed by atoms with Crippen LogP contribution < -0.4 is 0 Å². The van der Waals surface area contributed by atoms with Crippen molar-refractivity contribution >= 4 is 5.97 Å². The highest BCUT2D eigenvalue weighted by atomic mass is 16.5. The van der Waals surface area contributed by atoms with Crippen LogP contribution in [0.1, 0.15) is 5.56 Å². The molecule has 0 amide bonds. The van der Waals surface area contributed by atoms with E-state index in [2.05, 4.69) is 27.2 Å². The number of benzene rings is 3. The minimum atomic E-state index is -0.714. The van der Waals surface area contributed by atoms with E-state index in [1.54, 1.807) is 0 Å². The summed E-state index contributed by atoms with van der Waals surface area (Å²) in [5, 5.41) is 13.1. The molecule has 5 rings (SSSR count). The molecule has 0 spiro atoms. The van der Waals surface area contributed by atoms with Crippen molar-refractivity contribution in [1.29, 1.82) is 0 Å². The highest BCUT2D eigenvalue weighted by Gasteiger charge is 2.32. The fourth-order valence-electron chi connectivity index (χ4n) is 3.77. The Balaban J connectivity index is 1.26. The van der Waals surface area contributed by atoms with E-state index >= 15 is 0 Å². The molecule has 1 fully saturated rings. The molecule has 0 unspecified atom stereocenters. The maximum absolute atomic E-state index is 10.9. The molecule has 1 saturated heterocycles. The van der Waals surface area contributed by atoms with E-state index in [0.717, 1.165) is 34.4 Å². The molecule has 1 aromatic heterocycles. The highest BCUT2D eigenvalue weighted by Crippen LogP contribution is 2.26. The number of carboxylic acids is 1. The molecule has 2 heterocycles. The average molecular weight is 411 g/mol. The Labute approximate surface area is 179 Å². The van der Waals surface area contributed by atoms with Gasteiger partial charge >= 0.3 is 5.97 Å². The van der Waals surface area contributed by atoms with E-state index in [9.17, 15) is 4.79 Å². The first-order chi connectivity index (χ1) is 15.2. The number of hydrogen-bond donors (Lipinski definition) is 1. The van der Waals surface area contributed by atoms with E-state index in [0.29, 0.717) is 24.8 Å². The second-order valence-electron chi connectivity index (χ2n) is 7.79. The Morgan fingerprint density at radius 3 is 2.16 bits per heavy atom. The molecular formula is C25H21N3O3. The lowest BCUT2D eigenvalue weighted by Crippen LogP contribution is -2.49. The Bertz CT molecular complexity index is 1180. The topological polar surface area (TPSA) is 79.5 Å². The van der Waals surface area contributed by atoms with Gasteiger partial charge < -0.3 is 9.63 Å². The second-order valence-corrected chi connectivity index (χ2v) is 7.79. The third kappa shape index (κ3) is 4.11. The molecule has 0 radical (unpaired) electrons. The first-order valence-electron chi connectivity index (χ1n) is 10.2. The standard InChI is InChI=1S/C25H21N3O3/c29-25(30)22-15-28(16-22)14-17-6-8-20(9-7-17)23-26-24(31-27-23)21-12-10-19(11-13-21)18-4-2-1-3-5-18/h1-13,22H,14-16H2,(H,29,30). The summed E-state index contributed by atoms with van der Waals surface area (Å²) in [6.07, 6.45) is 0. The van der Waals surface area contributed by atoms with E-state index in [-0.39, 0.29) is 5.92 Å². The van der Waals surface area contributed by atoms with Crippen molar-refractivity contribution in [3.63, 3.8) is 0 Å². The normalized spacial score (nSPS) is 14.3. The van der Waals surface area contributed by atoms with Crippen LogP contribution in [0, 0.1) is 5.92 Å². The molecule has 0 saturated carbocycles. The van der Waals surface area contributed by atoms with Crippen LogP contribution in [0.2, 0.25) is 0 Å². The number of hydrogen-bond acceptors (Lipinski definition) is 5. The molecule has 1 N–H and O–H groups in total. The van der Waals surface area contributed by atoms with Gasteiger partial charge in [-0.3, -0.25) is 9.69 Å². The predicted octanol–water partition coefficient (Wildman–Crippen LogP) is 4.59. The summed E-state index contributed by atoms with van der Waals surface area (Å²) >= 11 is 0. The Kier molecular flexibility index (Phi) is 5.06. The van der Waals surface area contributed by atoms with Crippen molar-refractivity contribution in [2.75, 3.05) is 13.1 Å². The molecule has 1 aliphatic heterocycles. The SMILES string of the molecule is O=C(O)C1CN(Cc2ccc(-c3noc(-c4ccc(-c5ccccc5)cc4)n3)cc2)C1. The van der Waals surface area contributed by atoms with Gasteiger partial charge in [-0.25, -0.2) is 0 Å². The largest absolute Gasteiger partial charge is 0.481 e. The first kappa shape index (κ1) is 19.2. The van der Waals surface area contributed by atoms with E-state index in [1.807, 2.05) is 66.7 Å². The van der Waals surface area contributed by atoms with Gasteiger partial charge in [0.15, 0.2) is 0 Å². The maximum atomic E-state index is 10.9. The van der Waals surface area contributed by atoms with Crippen molar-refractivity contribution in [1.82, 2.24) is 15.0 Å². The lowest BCUT2D eigenvalue weighted by Gasteiger charge is -2.36. The lowest BCUT2D eigenvalue weighted by atomic mass is 9.99. The van der Waals surface area contributed by atoms with Crippen LogP contribution in [0.4, 0.5) is 0 Å². The third-order valence-corrected chi connectivity index (χ3v) is 5.59. The van der Waals surface area contributed by atoms with Gasteiger partial charge in [0.25, 0.3) is 5.89 Å². The van der Waals surface area contributed by atoms with Crippen LogP contribution in [0.15, 0.2) is 83.4 Å². The molecule has 1 aliphatic rings. The summed E-state index contributed by atoms with van der Waals surface area (Å²) in [7, 11) is 0. The van der Waals surface area contributed by atoms with E-state index in [1.165, 1.54) is 0 Å². The first-order valence-corrected chi connectivity index (χ1v) is 10.2. The third-order valence-electron chi connectivity index (χ3n) is 5.59. The summed E-state index contributed by atoms with van der Waals surface area (Å²) in [5.41, 5.74) is 5.19. The van der Waals surface area contributed by atoms with Crippen LogP contribution in [0.5, 0.6) is 0 Å². The van der Waals surface area contributed by atoms with Gasteiger partial charge in [0, 0.05) is 30.8 Å². The summed E-state index contributed by atoms with van der Waals surface area (Å²) in [6, 6.07) is 26.3. The molecule has 6 heteroatoms. The van der Waals surface area contributed by atoms with Crippen LogP contribution in [-0.4, -0.2) is 39.2 Å². The van der Waals surface area contributed by atoms with E-state index in [4.69, 9.17) is 9.63 Å². The predicted molar refractivity (Wildman–Crippen MR) is 117 cm³/mol. The monoisotopic (exact) mass is 411 g/mol. The smallest absolute Gasteiger partial charge is 0.309 e. The minimum Gasteiger partial charge on any atom is -0.481 e. The summed E-state index contributed by atoms with van der Waals surface area (Å²) in [6.45, 7) is 1.96. The Hall–Kier alpha value is -3.77. The van der Waals surface area contributed by atoms with Crippen molar-refractivity contribution in [2.45, 2.75) is 6.54 Å².